The van der Waals surface area contributed by atoms with Crippen LogP contribution >= 0.6 is 0 Å². The largest absolute Gasteiger partial charge is 0.422 e. The predicted molar refractivity (Wildman–Crippen MR) is 97.6 cm³/mol. The van der Waals surface area contributed by atoms with E-state index in [1.807, 2.05) is 30.3 Å². The van der Waals surface area contributed by atoms with Crippen LogP contribution in [0.3, 0.4) is 0 Å². The molecule has 4 rings (SSSR count). The van der Waals surface area contributed by atoms with Gasteiger partial charge in [0.2, 0.25) is 0 Å². The minimum atomic E-state index is -0.690. The molecule has 0 aliphatic heterocycles. The minimum absolute atomic E-state index is 0.0593. The SMILES string of the molecule is O=C(NCc1ccc(F)cc1)c1cc2c(ccc3ccccc32)oc1=O. The number of nitrogens with one attached hydrogen (secondary N) is 1. The number of amides is 1. The van der Waals surface area contributed by atoms with Crippen LogP contribution < -0.4 is 10.9 Å². The molecule has 5 heteroatoms. The van der Waals surface area contributed by atoms with Gasteiger partial charge < -0.3 is 9.73 Å². The summed E-state index contributed by atoms with van der Waals surface area (Å²) in [6.45, 7) is 0.187. The van der Waals surface area contributed by atoms with Crippen molar-refractivity contribution in [2.24, 2.45) is 0 Å². The summed E-state index contributed by atoms with van der Waals surface area (Å²) in [6.07, 6.45) is 0. The van der Waals surface area contributed by atoms with E-state index >= 15 is 0 Å². The van der Waals surface area contributed by atoms with Gasteiger partial charge in [0.1, 0.15) is 17.0 Å². The van der Waals surface area contributed by atoms with E-state index in [1.54, 1.807) is 24.3 Å². The molecule has 0 aliphatic carbocycles. The van der Waals surface area contributed by atoms with Gasteiger partial charge in [0.15, 0.2) is 0 Å². The summed E-state index contributed by atoms with van der Waals surface area (Å²) in [5.41, 5.74) is 0.416. The molecule has 0 bridgehead atoms. The summed E-state index contributed by atoms with van der Waals surface area (Å²) in [4.78, 5) is 24.6. The number of carbonyl (C=O) groups is 1. The molecule has 0 aliphatic rings. The van der Waals surface area contributed by atoms with E-state index in [1.165, 1.54) is 12.1 Å². The van der Waals surface area contributed by atoms with E-state index < -0.39 is 11.5 Å². The van der Waals surface area contributed by atoms with Crippen molar-refractivity contribution in [3.8, 4) is 0 Å². The first-order chi connectivity index (χ1) is 12.6. The third kappa shape index (κ3) is 2.95. The number of rotatable bonds is 3. The van der Waals surface area contributed by atoms with Gasteiger partial charge in [-0.1, -0.05) is 42.5 Å². The standard InChI is InChI=1S/C21H14FNO3/c22-15-8-5-13(6-9-15)12-23-20(24)18-11-17-16-4-2-1-3-14(16)7-10-19(17)26-21(18)25/h1-11H,12H2,(H,23,24). The van der Waals surface area contributed by atoms with Crippen molar-refractivity contribution in [2.45, 2.75) is 6.54 Å². The third-order valence-corrected chi connectivity index (χ3v) is 4.25. The molecule has 0 fully saturated rings. The molecule has 0 saturated heterocycles. The Kier molecular flexibility index (Phi) is 3.97. The van der Waals surface area contributed by atoms with Gasteiger partial charge >= 0.3 is 5.63 Å². The fourth-order valence-electron chi connectivity index (χ4n) is 2.91. The predicted octanol–water partition coefficient (Wildman–Crippen LogP) is 4.02. The first-order valence-corrected chi connectivity index (χ1v) is 8.10. The van der Waals surface area contributed by atoms with Crippen molar-refractivity contribution in [1.82, 2.24) is 5.32 Å². The van der Waals surface area contributed by atoms with Crippen LogP contribution in [0.15, 0.2) is 75.9 Å². The number of benzene rings is 3. The third-order valence-electron chi connectivity index (χ3n) is 4.25. The molecule has 128 valence electrons. The van der Waals surface area contributed by atoms with Gasteiger partial charge in [-0.2, -0.15) is 0 Å². The number of fused-ring (bicyclic) bond motifs is 3. The van der Waals surface area contributed by atoms with Crippen molar-refractivity contribution in [3.05, 3.63) is 94.1 Å². The lowest BCUT2D eigenvalue weighted by atomic mass is 10.0. The van der Waals surface area contributed by atoms with Gasteiger partial charge in [-0.05, 0) is 40.6 Å². The van der Waals surface area contributed by atoms with Crippen LogP contribution in [0.2, 0.25) is 0 Å². The molecule has 0 saturated carbocycles. The van der Waals surface area contributed by atoms with Gasteiger partial charge in [0, 0.05) is 11.9 Å². The highest BCUT2D eigenvalue weighted by Gasteiger charge is 2.14. The molecule has 4 nitrogen and oxygen atoms in total. The van der Waals surface area contributed by atoms with Crippen LogP contribution in [0, 0.1) is 5.82 Å². The van der Waals surface area contributed by atoms with Crippen LogP contribution in [0.5, 0.6) is 0 Å². The normalized spacial score (nSPS) is 11.0. The van der Waals surface area contributed by atoms with Gasteiger partial charge in [-0.15, -0.1) is 0 Å². The van der Waals surface area contributed by atoms with Gasteiger partial charge in [0.05, 0.1) is 0 Å². The zero-order chi connectivity index (χ0) is 18.1. The van der Waals surface area contributed by atoms with Crippen molar-refractivity contribution < 1.29 is 13.6 Å². The van der Waals surface area contributed by atoms with Gasteiger partial charge in [-0.3, -0.25) is 4.79 Å². The number of hydrogen-bond acceptors (Lipinski definition) is 3. The molecular weight excluding hydrogens is 333 g/mol. The molecule has 1 aromatic heterocycles. The summed E-state index contributed by atoms with van der Waals surface area (Å²) in [7, 11) is 0. The Morgan fingerprint density at radius 2 is 1.73 bits per heavy atom. The quantitative estimate of drug-likeness (QED) is 0.450. The fraction of sp³-hybridized carbons (Fsp3) is 0.0476. The summed E-state index contributed by atoms with van der Waals surface area (Å²) in [6, 6.07) is 18.6. The van der Waals surface area contributed by atoms with Crippen molar-refractivity contribution in [1.29, 1.82) is 0 Å². The molecule has 1 amide bonds. The van der Waals surface area contributed by atoms with Gasteiger partial charge in [-0.25, -0.2) is 9.18 Å². The average molecular weight is 347 g/mol. The highest BCUT2D eigenvalue weighted by molar-refractivity contribution is 6.07. The Balaban J connectivity index is 1.69. The van der Waals surface area contributed by atoms with E-state index in [2.05, 4.69) is 5.32 Å². The van der Waals surface area contributed by atoms with Crippen molar-refractivity contribution in [3.63, 3.8) is 0 Å². The second-order valence-corrected chi connectivity index (χ2v) is 5.96. The molecular formula is C21H14FNO3. The van der Waals surface area contributed by atoms with Crippen LogP contribution in [0.25, 0.3) is 21.7 Å². The maximum atomic E-state index is 12.9. The van der Waals surface area contributed by atoms with E-state index in [-0.39, 0.29) is 17.9 Å². The first-order valence-electron chi connectivity index (χ1n) is 8.10. The molecule has 1 N–H and O–H groups in total. The zero-order valence-corrected chi connectivity index (χ0v) is 13.7. The van der Waals surface area contributed by atoms with Gasteiger partial charge in [0.25, 0.3) is 5.91 Å². The minimum Gasteiger partial charge on any atom is -0.422 e. The Morgan fingerprint density at radius 3 is 2.54 bits per heavy atom. The highest BCUT2D eigenvalue weighted by atomic mass is 19.1. The molecule has 4 aromatic rings. The monoisotopic (exact) mass is 347 g/mol. The molecule has 0 spiro atoms. The number of carbonyl (C=O) groups excluding carboxylic acids is 1. The van der Waals surface area contributed by atoms with E-state index in [0.717, 1.165) is 16.3 Å². The lowest BCUT2D eigenvalue weighted by Gasteiger charge is -2.07. The van der Waals surface area contributed by atoms with Crippen LogP contribution in [0.1, 0.15) is 15.9 Å². The first kappa shape index (κ1) is 16.0. The Labute approximate surface area is 147 Å². The van der Waals surface area contributed by atoms with E-state index in [4.69, 9.17) is 4.42 Å². The van der Waals surface area contributed by atoms with E-state index in [0.29, 0.717) is 11.0 Å². The average Bonchev–Trinajstić information content (AvgIpc) is 2.66. The zero-order valence-electron chi connectivity index (χ0n) is 13.7. The summed E-state index contributed by atoms with van der Waals surface area (Å²) < 4.78 is 18.3. The Hall–Kier alpha value is -3.47. The van der Waals surface area contributed by atoms with E-state index in [9.17, 15) is 14.0 Å². The fourth-order valence-corrected chi connectivity index (χ4v) is 2.91. The second-order valence-electron chi connectivity index (χ2n) is 5.96. The second kappa shape index (κ2) is 6.44. The lowest BCUT2D eigenvalue weighted by molar-refractivity contribution is 0.0947. The molecule has 0 atom stereocenters. The smallest absolute Gasteiger partial charge is 0.349 e. The maximum absolute atomic E-state index is 12.9. The van der Waals surface area contributed by atoms with Crippen molar-refractivity contribution >= 4 is 27.6 Å². The topological polar surface area (TPSA) is 59.3 Å². The molecule has 0 unspecified atom stereocenters. The number of hydrogen-bond donors (Lipinski definition) is 1. The number of halogens is 1. The Morgan fingerprint density at radius 1 is 0.962 bits per heavy atom. The molecule has 3 aromatic carbocycles. The van der Waals surface area contributed by atoms with Crippen molar-refractivity contribution in [2.75, 3.05) is 0 Å². The summed E-state index contributed by atoms with van der Waals surface area (Å²) in [5.74, 6) is -0.875. The van der Waals surface area contributed by atoms with Crippen LogP contribution in [-0.2, 0) is 6.54 Å². The molecule has 0 radical (unpaired) electrons. The molecule has 26 heavy (non-hydrogen) atoms. The maximum Gasteiger partial charge on any atom is 0.349 e. The summed E-state index contributed by atoms with van der Waals surface area (Å²) in [5, 5.41) is 5.27. The highest BCUT2D eigenvalue weighted by Crippen LogP contribution is 2.24. The molecule has 1 heterocycles. The lowest BCUT2D eigenvalue weighted by Crippen LogP contribution is -2.27. The van der Waals surface area contributed by atoms with Crippen LogP contribution in [-0.4, -0.2) is 5.91 Å². The summed E-state index contributed by atoms with van der Waals surface area (Å²) >= 11 is 0. The van der Waals surface area contributed by atoms with Crippen LogP contribution in [0.4, 0.5) is 4.39 Å². The Bertz CT molecular complexity index is 1180.